The molecule has 0 aromatic heterocycles. The summed E-state index contributed by atoms with van der Waals surface area (Å²) >= 11 is 1.67. The molecular formula is C15H19F3N2O3S. The maximum Gasteiger partial charge on any atom is 0.423 e. The number of nitro benzene ring substituents is 1. The van der Waals surface area contributed by atoms with Crippen molar-refractivity contribution in [1.29, 1.82) is 0 Å². The smallest absolute Gasteiger partial charge is 0.379 e. The molecule has 0 radical (unpaired) electrons. The van der Waals surface area contributed by atoms with Crippen molar-refractivity contribution in [1.82, 2.24) is 0 Å². The van der Waals surface area contributed by atoms with Crippen LogP contribution in [0.5, 0.6) is 0 Å². The average molecular weight is 364 g/mol. The van der Waals surface area contributed by atoms with Crippen molar-refractivity contribution >= 4 is 23.1 Å². The summed E-state index contributed by atoms with van der Waals surface area (Å²) in [6.07, 6.45) is -4.40. The van der Waals surface area contributed by atoms with Crippen LogP contribution in [-0.2, 0) is 17.3 Å². The molecule has 1 aliphatic heterocycles. The van der Waals surface area contributed by atoms with E-state index in [-0.39, 0.29) is 11.7 Å². The molecular weight excluding hydrogens is 345 g/mol. The van der Waals surface area contributed by atoms with Crippen LogP contribution in [0.1, 0.15) is 25.0 Å². The van der Waals surface area contributed by atoms with Gasteiger partial charge in [-0.25, -0.2) is 0 Å². The normalized spacial score (nSPS) is 19.5. The molecule has 2 unspecified atom stereocenters. The summed E-state index contributed by atoms with van der Waals surface area (Å²) in [6.45, 7) is 3.90. The number of alkyl halides is 3. The van der Waals surface area contributed by atoms with E-state index >= 15 is 0 Å². The fraction of sp³-hybridized carbons (Fsp3) is 0.600. The van der Waals surface area contributed by atoms with Crippen LogP contribution in [0.25, 0.3) is 0 Å². The van der Waals surface area contributed by atoms with Crippen molar-refractivity contribution in [2.45, 2.75) is 38.1 Å². The molecule has 1 N–H and O–H groups in total. The summed E-state index contributed by atoms with van der Waals surface area (Å²) in [5, 5.41) is 14.1. The van der Waals surface area contributed by atoms with E-state index in [1.54, 1.807) is 18.9 Å². The zero-order chi connectivity index (χ0) is 18.1. The highest BCUT2D eigenvalue weighted by atomic mass is 32.2. The second kappa shape index (κ2) is 6.79. The first kappa shape index (κ1) is 18.9. The fourth-order valence-corrected chi connectivity index (χ4v) is 3.68. The maximum absolute atomic E-state index is 13.1. The molecule has 0 spiro atoms. The number of halogens is 3. The van der Waals surface area contributed by atoms with Crippen LogP contribution >= 0.6 is 11.8 Å². The number of hydrogen-bond donors (Lipinski definition) is 1. The van der Waals surface area contributed by atoms with Gasteiger partial charge in [0.15, 0.2) is 0 Å². The monoisotopic (exact) mass is 364 g/mol. The van der Waals surface area contributed by atoms with Gasteiger partial charge >= 0.3 is 6.18 Å². The molecule has 5 nitrogen and oxygen atoms in total. The van der Waals surface area contributed by atoms with Crippen LogP contribution in [0, 0.1) is 10.1 Å². The highest BCUT2D eigenvalue weighted by molar-refractivity contribution is 7.99. The van der Waals surface area contributed by atoms with Crippen molar-refractivity contribution in [3.05, 3.63) is 33.4 Å². The SMILES string of the molecule is CCSCC(C)(OC)C1Cc2cc([N+](=O)[O-])c(C(F)(F)F)cc2N1. The molecule has 0 amide bonds. The molecule has 2 rings (SSSR count). The van der Waals surface area contributed by atoms with E-state index in [0.717, 1.165) is 17.9 Å². The molecule has 1 aromatic rings. The Morgan fingerprint density at radius 1 is 1.46 bits per heavy atom. The lowest BCUT2D eigenvalue weighted by molar-refractivity contribution is -0.388. The van der Waals surface area contributed by atoms with Gasteiger partial charge in [-0.05, 0) is 30.7 Å². The quantitative estimate of drug-likeness (QED) is 0.608. The molecule has 9 heteroatoms. The lowest BCUT2D eigenvalue weighted by Gasteiger charge is -2.34. The van der Waals surface area contributed by atoms with Crippen LogP contribution in [0.2, 0.25) is 0 Å². The first-order valence-corrected chi connectivity index (χ1v) is 8.55. The number of benzene rings is 1. The van der Waals surface area contributed by atoms with Crippen molar-refractivity contribution in [3.63, 3.8) is 0 Å². The van der Waals surface area contributed by atoms with Gasteiger partial charge in [0.25, 0.3) is 5.69 Å². The summed E-state index contributed by atoms with van der Waals surface area (Å²) in [5.74, 6) is 1.56. The van der Waals surface area contributed by atoms with Crippen LogP contribution < -0.4 is 5.32 Å². The summed E-state index contributed by atoms with van der Waals surface area (Å²) in [7, 11) is 1.56. The number of nitro groups is 1. The standard InChI is InChI=1S/C15H19F3N2O3S/c1-4-24-8-14(2,23-3)13-6-9-5-12(20(21)22)10(15(16,17)18)7-11(9)19-13/h5,7,13,19H,4,6,8H2,1-3H3. The van der Waals surface area contributed by atoms with Crippen molar-refractivity contribution in [3.8, 4) is 0 Å². The molecule has 1 aromatic carbocycles. The van der Waals surface area contributed by atoms with Gasteiger partial charge in [-0.15, -0.1) is 0 Å². The number of fused-ring (bicyclic) bond motifs is 1. The van der Waals surface area contributed by atoms with Crippen molar-refractivity contribution in [2.24, 2.45) is 0 Å². The Morgan fingerprint density at radius 2 is 2.12 bits per heavy atom. The van der Waals surface area contributed by atoms with Crippen LogP contribution in [-0.4, -0.2) is 35.2 Å². The van der Waals surface area contributed by atoms with E-state index in [1.807, 2.05) is 13.8 Å². The molecule has 0 fully saturated rings. The number of nitrogens with one attached hydrogen (secondary N) is 1. The zero-order valence-electron chi connectivity index (χ0n) is 13.6. The number of rotatable bonds is 6. The van der Waals surface area contributed by atoms with E-state index in [9.17, 15) is 23.3 Å². The summed E-state index contributed by atoms with van der Waals surface area (Å²) in [5.41, 5.74) is -1.95. The predicted octanol–water partition coefficient (Wildman–Crippen LogP) is 4.11. The minimum atomic E-state index is -4.78. The predicted molar refractivity (Wildman–Crippen MR) is 87.6 cm³/mol. The Morgan fingerprint density at radius 3 is 2.62 bits per heavy atom. The van der Waals surface area contributed by atoms with Gasteiger partial charge in [-0.3, -0.25) is 10.1 Å². The molecule has 24 heavy (non-hydrogen) atoms. The number of methoxy groups -OCH3 is 1. The number of anilines is 1. The fourth-order valence-electron chi connectivity index (χ4n) is 2.75. The summed E-state index contributed by atoms with van der Waals surface area (Å²) in [6, 6.07) is 1.60. The number of ether oxygens (including phenoxy) is 1. The van der Waals surface area contributed by atoms with Crippen LogP contribution in [0.15, 0.2) is 12.1 Å². The number of hydrogen-bond acceptors (Lipinski definition) is 5. The lowest BCUT2D eigenvalue weighted by Crippen LogP contribution is -2.47. The van der Waals surface area contributed by atoms with E-state index in [2.05, 4.69) is 5.32 Å². The van der Waals surface area contributed by atoms with E-state index in [0.29, 0.717) is 17.7 Å². The average Bonchev–Trinajstić information content (AvgIpc) is 2.94. The molecule has 0 saturated heterocycles. The minimum absolute atomic E-state index is 0.250. The van der Waals surface area contributed by atoms with E-state index in [4.69, 9.17) is 4.74 Å². The van der Waals surface area contributed by atoms with Crippen LogP contribution in [0.4, 0.5) is 24.5 Å². The second-order valence-electron chi connectivity index (χ2n) is 5.84. The zero-order valence-corrected chi connectivity index (χ0v) is 14.4. The maximum atomic E-state index is 13.1. The van der Waals surface area contributed by atoms with Crippen molar-refractivity contribution in [2.75, 3.05) is 23.9 Å². The highest BCUT2D eigenvalue weighted by Crippen LogP contribution is 2.42. The number of nitrogens with zero attached hydrogens (tertiary/aromatic N) is 1. The number of thioether (sulfide) groups is 1. The molecule has 1 heterocycles. The molecule has 0 bridgehead atoms. The van der Waals surface area contributed by atoms with Gasteiger partial charge in [-0.2, -0.15) is 24.9 Å². The Balaban J connectivity index is 2.37. The van der Waals surface area contributed by atoms with Crippen molar-refractivity contribution < 1.29 is 22.8 Å². The van der Waals surface area contributed by atoms with Gasteiger partial charge in [0, 0.05) is 24.6 Å². The third kappa shape index (κ3) is 3.61. The minimum Gasteiger partial charge on any atom is -0.379 e. The van der Waals surface area contributed by atoms with Crippen LogP contribution in [0.3, 0.4) is 0 Å². The Labute approximate surface area is 142 Å². The topological polar surface area (TPSA) is 64.4 Å². The van der Waals surface area contributed by atoms with Gasteiger partial charge in [0.05, 0.1) is 16.6 Å². The third-order valence-electron chi connectivity index (χ3n) is 4.27. The Bertz CT molecular complexity index is 639. The van der Waals surface area contributed by atoms with E-state index in [1.165, 1.54) is 0 Å². The molecule has 0 saturated carbocycles. The van der Waals surface area contributed by atoms with Gasteiger partial charge in [-0.1, -0.05) is 6.92 Å². The highest BCUT2D eigenvalue weighted by Gasteiger charge is 2.43. The first-order valence-electron chi connectivity index (χ1n) is 7.40. The van der Waals surface area contributed by atoms with Gasteiger partial charge in [0.1, 0.15) is 5.56 Å². The third-order valence-corrected chi connectivity index (χ3v) is 5.46. The largest absolute Gasteiger partial charge is 0.423 e. The second-order valence-corrected chi connectivity index (χ2v) is 7.11. The molecule has 134 valence electrons. The molecule has 0 aliphatic carbocycles. The van der Waals surface area contributed by atoms with E-state index < -0.39 is 28.0 Å². The first-order chi connectivity index (χ1) is 11.1. The van der Waals surface area contributed by atoms with Gasteiger partial charge in [0.2, 0.25) is 0 Å². The summed E-state index contributed by atoms with van der Waals surface area (Å²) in [4.78, 5) is 10.0. The summed E-state index contributed by atoms with van der Waals surface area (Å²) < 4.78 is 44.8. The Kier molecular flexibility index (Phi) is 5.34. The molecule has 2 atom stereocenters. The molecule has 1 aliphatic rings. The van der Waals surface area contributed by atoms with Gasteiger partial charge < -0.3 is 10.1 Å². The Hall–Kier alpha value is -1.48. The lowest BCUT2D eigenvalue weighted by atomic mass is 9.95.